The Morgan fingerprint density at radius 2 is 1.53 bits per heavy atom. The number of amides is 1. The first kappa shape index (κ1) is 18.8. The molecule has 1 aliphatic rings. The van der Waals surface area contributed by atoms with Crippen molar-refractivity contribution in [2.75, 3.05) is 7.11 Å². The Balaban J connectivity index is 1.51. The van der Waals surface area contributed by atoms with Gasteiger partial charge in [-0.05, 0) is 67.7 Å². The number of rotatable bonds is 3. The maximum Gasteiger partial charge on any atom is 0.240 e. The first-order valence-corrected chi connectivity index (χ1v) is 10.8. The highest BCUT2D eigenvalue weighted by molar-refractivity contribution is 6.23. The van der Waals surface area contributed by atoms with Crippen LogP contribution in [0.15, 0.2) is 84.0 Å². The molecule has 1 aliphatic heterocycles. The van der Waals surface area contributed by atoms with Gasteiger partial charge in [0.1, 0.15) is 5.75 Å². The minimum absolute atomic E-state index is 0.0517. The van der Waals surface area contributed by atoms with Gasteiger partial charge in [0.25, 0.3) is 0 Å². The molecule has 0 saturated heterocycles. The zero-order chi connectivity index (χ0) is 21.8. The predicted octanol–water partition coefficient (Wildman–Crippen LogP) is 6.29. The maximum absolute atomic E-state index is 12.6. The second-order valence-corrected chi connectivity index (χ2v) is 8.37. The van der Waals surface area contributed by atoms with Gasteiger partial charge in [-0.25, -0.2) is 5.01 Å². The van der Waals surface area contributed by atoms with Gasteiger partial charge in [-0.2, -0.15) is 5.10 Å². The SMILES string of the molecule is COc1ccc(C2=NN(C(C)=O)[C@H](c3ccc4ccc5cccc6ccc3c4c56)C2)cc1. The molecule has 0 radical (unpaired) electrons. The molecular weight excluding hydrogens is 396 g/mol. The van der Waals surface area contributed by atoms with Gasteiger partial charge < -0.3 is 4.74 Å². The summed E-state index contributed by atoms with van der Waals surface area (Å²) in [7, 11) is 1.66. The Morgan fingerprint density at radius 1 is 0.875 bits per heavy atom. The molecule has 4 heteroatoms. The average molecular weight is 418 g/mol. The van der Waals surface area contributed by atoms with Crippen molar-refractivity contribution in [1.29, 1.82) is 0 Å². The van der Waals surface area contributed by atoms with E-state index in [0.717, 1.165) is 22.6 Å². The maximum atomic E-state index is 12.6. The Labute approximate surface area is 186 Å². The predicted molar refractivity (Wildman–Crippen MR) is 130 cm³/mol. The Bertz CT molecular complexity index is 1500. The zero-order valence-electron chi connectivity index (χ0n) is 18.0. The zero-order valence-corrected chi connectivity index (χ0v) is 18.0. The molecule has 0 aromatic heterocycles. The summed E-state index contributed by atoms with van der Waals surface area (Å²) in [6.45, 7) is 1.59. The molecule has 0 saturated carbocycles. The fourth-order valence-corrected chi connectivity index (χ4v) is 5.05. The molecule has 1 amide bonds. The number of benzene rings is 5. The second-order valence-electron chi connectivity index (χ2n) is 8.37. The van der Waals surface area contributed by atoms with Crippen LogP contribution in [0.1, 0.15) is 30.5 Å². The van der Waals surface area contributed by atoms with E-state index >= 15 is 0 Å². The number of hydrazone groups is 1. The van der Waals surface area contributed by atoms with Crippen LogP contribution in [0.2, 0.25) is 0 Å². The molecule has 5 aromatic carbocycles. The normalized spacial score (nSPS) is 16.2. The number of ether oxygens (including phenoxy) is 1. The second kappa shape index (κ2) is 7.06. The minimum Gasteiger partial charge on any atom is -0.497 e. The van der Waals surface area contributed by atoms with Gasteiger partial charge in [0.05, 0.1) is 18.9 Å². The Morgan fingerprint density at radius 3 is 2.22 bits per heavy atom. The van der Waals surface area contributed by atoms with Crippen molar-refractivity contribution in [3.63, 3.8) is 0 Å². The van der Waals surface area contributed by atoms with Gasteiger partial charge in [0.2, 0.25) is 5.91 Å². The fourth-order valence-electron chi connectivity index (χ4n) is 5.05. The van der Waals surface area contributed by atoms with Crippen molar-refractivity contribution >= 4 is 43.9 Å². The van der Waals surface area contributed by atoms with E-state index in [-0.39, 0.29) is 11.9 Å². The van der Waals surface area contributed by atoms with Crippen LogP contribution in [-0.4, -0.2) is 23.7 Å². The number of hydrogen-bond donors (Lipinski definition) is 0. The number of hydrogen-bond acceptors (Lipinski definition) is 3. The molecule has 4 nitrogen and oxygen atoms in total. The Kier molecular flexibility index (Phi) is 4.15. The molecule has 0 unspecified atom stereocenters. The van der Waals surface area contributed by atoms with Crippen LogP contribution in [0.4, 0.5) is 0 Å². The van der Waals surface area contributed by atoms with Gasteiger partial charge in [0, 0.05) is 13.3 Å². The van der Waals surface area contributed by atoms with Crippen LogP contribution < -0.4 is 4.74 Å². The summed E-state index contributed by atoms with van der Waals surface area (Å²) in [5, 5.41) is 13.8. The summed E-state index contributed by atoms with van der Waals surface area (Å²) in [6.07, 6.45) is 0.676. The molecular formula is C28H22N2O2. The third kappa shape index (κ3) is 2.76. The first-order chi connectivity index (χ1) is 15.6. The van der Waals surface area contributed by atoms with Crippen molar-refractivity contribution < 1.29 is 9.53 Å². The van der Waals surface area contributed by atoms with Crippen molar-refractivity contribution in [3.8, 4) is 5.75 Å². The van der Waals surface area contributed by atoms with Crippen molar-refractivity contribution in [1.82, 2.24) is 5.01 Å². The molecule has 0 bridgehead atoms. The average Bonchev–Trinajstić information content (AvgIpc) is 3.28. The van der Waals surface area contributed by atoms with E-state index in [0.29, 0.717) is 6.42 Å². The standard InChI is InChI=1S/C28H22N2O2/c1-17(31)30-26(16-25(29-30)18-8-12-22(32-2)13-9-18)23-14-10-21-7-6-19-4-3-5-20-11-15-24(23)28(21)27(19)20/h3-15,26H,16H2,1-2H3/t26-/m0/s1. The quantitative estimate of drug-likeness (QED) is 0.323. The highest BCUT2D eigenvalue weighted by Gasteiger charge is 2.32. The Hall–Kier alpha value is -3.92. The van der Waals surface area contributed by atoms with Crippen LogP contribution in [-0.2, 0) is 4.79 Å². The minimum atomic E-state index is -0.130. The number of carbonyl (C=O) groups is 1. The van der Waals surface area contributed by atoms with Gasteiger partial charge >= 0.3 is 0 Å². The molecule has 32 heavy (non-hydrogen) atoms. The molecule has 6 rings (SSSR count). The number of carbonyl (C=O) groups excluding carboxylic acids is 1. The van der Waals surface area contributed by atoms with E-state index in [1.165, 1.54) is 32.3 Å². The third-order valence-electron chi connectivity index (χ3n) is 6.58. The highest BCUT2D eigenvalue weighted by Crippen LogP contribution is 2.41. The van der Waals surface area contributed by atoms with E-state index in [1.807, 2.05) is 24.3 Å². The van der Waals surface area contributed by atoms with E-state index in [4.69, 9.17) is 9.84 Å². The number of methoxy groups -OCH3 is 1. The lowest BCUT2D eigenvalue weighted by molar-refractivity contribution is -0.130. The van der Waals surface area contributed by atoms with Gasteiger partial charge in [0.15, 0.2) is 0 Å². The van der Waals surface area contributed by atoms with Crippen LogP contribution in [0, 0.1) is 0 Å². The summed E-state index contributed by atoms with van der Waals surface area (Å²) in [5.74, 6) is 0.753. The molecule has 156 valence electrons. The van der Waals surface area contributed by atoms with E-state index in [1.54, 1.807) is 19.0 Å². The molecule has 0 fully saturated rings. The lowest BCUT2D eigenvalue weighted by atomic mass is 9.88. The molecule has 5 aromatic rings. The summed E-state index contributed by atoms with van der Waals surface area (Å²) in [6, 6.07) is 27.3. The fraction of sp³-hybridized carbons (Fsp3) is 0.143. The summed E-state index contributed by atoms with van der Waals surface area (Å²) >= 11 is 0. The highest BCUT2D eigenvalue weighted by atomic mass is 16.5. The van der Waals surface area contributed by atoms with Gasteiger partial charge in [-0.15, -0.1) is 0 Å². The van der Waals surface area contributed by atoms with Crippen LogP contribution in [0.3, 0.4) is 0 Å². The third-order valence-corrected chi connectivity index (χ3v) is 6.58. The molecule has 1 heterocycles. The molecule has 0 aliphatic carbocycles. The monoisotopic (exact) mass is 418 g/mol. The van der Waals surface area contributed by atoms with E-state index in [2.05, 4.69) is 54.6 Å². The van der Waals surface area contributed by atoms with Crippen LogP contribution in [0.5, 0.6) is 5.75 Å². The van der Waals surface area contributed by atoms with E-state index < -0.39 is 0 Å². The van der Waals surface area contributed by atoms with Gasteiger partial charge in [-0.3, -0.25) is 4.79 Å². The van der Waals surface area contributed by atoms with Crippen LogP contribution >= 0.6 is 0 Å². The van der Waals surface area contributed by atoms with Crippen molar-refractivity contribution in [2.24, 2.45) is 5.10 Å². The van der Waals surface area contributed by atoms with Crippen LogP contribution in [0.25, 0.3) is 32.3 Å². The van der Waals surface area contributed by atoms with E-state index in [9.17, 15) is 4.79 Å². The summed E-state index contributed by atoms with van der Waals surface area (Å²) in [5.41, 5.74) is 3.06. The lowest BCUT2D eigenvalue weighted by Gasteiger charge is -2.23. The van der Waals surface area contributed by atoms with Gasteiger partial charge in [-0.1, -0.05) is 54.6 Å². The summed E-state index contributed by atoms with van der Waals surface area (Å²) in [4.78, 5) is 12.6. The summed E-state index contributed by atoms with van der Waals surface area (Å²) < 4.78 is 5.28. The molecule has 0 spiro atoms. The topological polar surface area (TPSA) is 41.9 Å². The molecule has 0 N–H and O–H groups in total. The number of nitrogens with zero attached hydrogens (tertiary/aromatic N) is 2. The lowest BCUT2D eigenvalue weighted by Crippen LogP contribution is -2.24. The smallest absolute Gasteiger partial charge is 0.240 e. The van der Waals surface area contributed by atoms with Crippen molar-refractivity contribution in [2.45, 2.75) is 19.4 Å². The van der Waals surface area contributed by atoms with Crippen molar-refractivity contribution in [3.05, 3.63) is 90.0 Å². The first-order valence-electron chi connectivity index (χ1n) is 10.8. The molecule has 1 atom stereocenters. The largest absolute Gasteiger partial charge is 0.497 e.